The molecular weight excluding hydrogens is 362 g/mol. The number of carbonyl (C=O) groups excluding carboxylic acids is 1. The SMILES string of the molecule is O=C(NCC1CCN(CCc2ccccc2)CC1)N1CCC[C@@H]1Cn1cccn1. The summed E-state index contributed by atoms with van der Waals surface area (Å²) in [6, 6.07) is 13.0. The second kappa shape index (κ2) is 9.92. The van der Waals surface area contributed by atoms with Gasteiger partial charge in [-0.3, -0.25) is 4.68 Å². The van der Waals surface area contributed by atoms with Gasteiger partial charge in [0, 0.05) is 32.0 Å². The number of urea groups is 1. The number of carbonyl (C=O) groups is 1. The van der Waals surface area contributed by atoms with Crippen LogP contribution in [-0.2, 0) is 13.0 Å². The van der Waals surface area contributed by atoms with Gasteiger partial charge in [-0.05, 0) is 62.7 Å². The normalized spacial score (nSPS) is 20.8. The van der Waals surface area contributed by atoms with E-state index in [-0.39, 0.29) is 12.1 Å². The summed E-state index contributed by atoms with van der Waals surface area (Å²) in [6.45, 7) is 5.86. The van der Waals surface area contributed by atoms with Crippen LogP contribution in [0.4, 0.5) is 4.79 Å². The Balaban J connectivity index is 1.16. The third-order valence-electron chi connectivity index (χ3n) is 6.40. The molecule has 2 fully saturated rings. The molecule has 2 amide bonds. The summed E-state index contributed by atoms with van der Waals surface area (Å²) in [6.07, 6.45) is 9.38. The maximum atomic E-state index is 12.7. The standard InChI is InChI=1S/C23H33N5O/c29-23(28-14-4-8-22(28)19-27-13-5-12-25-27)24-18-21-10-16-26(17-11-21)15-9-20-6-2-1-3-7-20/h1-3,5-7,12-13,21-22H,4,8-11,14-19H2,(H,24,29)/t22-/m1/s1. The molecule has 6 heteroatoms. The van der Waals surface area contributed by atoms with Crippen molar-refractivity contribution in [1.82, 2.24) is 24.9 Å². The number of rotatable bonds is 7. The predicted octanol–water partition coefficient (Wildman–Crippen LogP) is 3.01. The molecule has 0 radical (unpaired) electrons. The van der Waals surface area contributed by atoms with Crippen LogP contribution in [0.15, 0.2) is 48.8 Å². The van der Waals surface area contributed by atoms with E-state index in [2.05, 4.69) is 45.6 Å². The van der Waals surface area contributed by atoms with Gasteiger partial charge >= 0.3 is 6.03 Å². The summed E-state index contributed by atoms with van der Waals surface area (Å²) in [7, 11) is 0. The van der Waals surface area contributed by atoms with Gasteiger partial charge in [0.25, 0.3) is 0 Å². The van der Waals surface area contributed by atoms with Gasteiger partial charge in [-0.2, -0.15) is 5.10 Å². The van der Waals surface area contributed by atoms with Crippen molar-refractivity contribution in [3.05, 3.63) is 54.4 Å². The van der Waals surface area contributed by atoms with Crippen LogP contribution in [0.5, 0.6) is 0 Å². The average molecular weight is 396 g/mol. The van der Waals surface area contributed by atoms with E-state index in [0.717, 1.165) is 58.5 Å². The number of amides is 2. The molecular formula is C23H33N5O. The van der Waals surface area contributed by atoms with Gasteiger partial charge in [0.2, 0.25) is 0 Å². The zero-order chi connectivity index (χ0) is 19.9. The molecule has 2 aliphatic heterocycles. The first-order valence-corrected chi connectivity index (χ1v) is 11.1. The van der Waals surface area contributed by atoms with Crippen LogP contribution in [0, 0.1) is 5.92 Å². The van der Waals surface area contributed by atoms with E-state index in [4.69, 9.17) is 0 Å². The van der Waals surface area contributed by atoms with Crippen molar-refractivity contribution in [1.29, 1.82) is 0 Å². The first-order chi connectivity index (χ1) is 14.3. The van der Waals surface area contributed by atoms with Crippen molar-refractivity contribution in [3.8, 4) is 0 Å². The average Bonchev–Trinajstić information content (AvgIpc) is 3.45. The summed E-state index contributed by atoms with van der Waals surface area (Å²) in [5.74, 6) is 0.596. The summed E-state index contributed by atoms with van der Waals surface area (Å²) in [4.78, 5) is 17.3. The van der Waals surface area contributed by atoms with Crippen LogP contribution in [0.3, 0.4) is 0 Å². The number of likely N-dealkylation sites (tertiary alicyclic amines) is 2. The summed E-state index contributed by atoms with van der Waals surface area (Å²) in [5, 5.41) is 7.50. The van der Waals surface area contributed by atoms with Gasteiger partial charge in [-0.1, -0.05) is 30.3 Å². The molecule has 3 heterocycles. The van der Waals surface area contributed by atoms with Crippen LogP contribution in [0.25, 0.3) is 0 Å². The second-order valence-electron chi connectivity index (χ2n) is 8.42. The predicted molar refractivity (Wildman–Crippen MR) is 115 cm³/mol. The molecule has 1 aromatic carbocycles. The molecule has 0 aliphatic carbocycles. The maximum absolute atomic E-state index is 12.7. The number of benzene rings is 1. The molecule has 0 spiro atoms. The Morgan fingerprint density at radius 2 is 1.90 bits per heavy atom. The van der Waals surface area contributed by atoms with Crippen molar-refractivity contribution >= 4 is 6.03 Å². The summed E-state index contributed by atoms with van der Waals surface area (Å²) >= 11 is 0. The molecule has 2 aromatic rings. The molecule has 29 heavy (non-hydrogen) atoms. The van der Waals surface area contributed by atoms with E-state index in [1.807, 2.05) is 21.8 Å². The molecule has 4 rings (SSSR count). The minimum absolute atomic E-state index is 0.103. The van der Waals surface area contributed by atoms with E-state index in [0.29, 0.717) is 5.92 Å². The highest BCUT2D eigenvalue weighted by atomic mass is 16.2. The van der Waals surface area contributed by atoms with Crippen LogP contribution in [0.2, 0.25) is 0 Å². The Labute approximate surface area is 173 Å². The van der Waals surface area contributed by atoms with Crippen LogP contribution < -0.4 is 5.32 Å². The molecule has 2 saturated heterocycles. The van der Waals surface area contributed by atoms with Crippen molar-refractivity contribution in [2.75, 3.05) is 32.7 Å². The number of hydrogen-bond acceptors (Lipinski definition) is 3. The number of nitrogens with zero attached hydrogens (tertiary/aromatic N) is 4. The van der Waals surface area contributed by atoms with E-state index >= 15 is 0 Å². The lowest BCUT2D eigenvalue weighted by Gasteiger charge is -2.32. The summed E-state index contributed by atoms with van der Waals surface area (Å²) < 4.78 is 1.93. The van der Waals surface area contributed by atoms with E-state index < -0.39 is 0 Å². The Bertz CT molecular complexity index is 740. The lowest BCUT2D eigenvalue weighted by atomic mass is 9.96. The molecule has 2 aliphatic rings. The molecule has 1 aromatic heterocycles. The third kappa shape index (κ3) is 5.60. The number of nitrogens with one attached hydrogen (secondary N) is 1. The highest BCUT2D eigenvalue weighted by molar-refractivity contribution is 5.74. The van der Waals surface area contributed by atoms with Gasteiger partial charge in [0.05, 0.1) is 12.6 Å². The fraction of sp³-hybridized carbons (Fsp3) is 0.565. The Morgan fingerprint density at radius 1 is 1.07 bits per heavy atom. The lowest BCUT2D eigenvalue weighted by molar-refractivity contribution is 0.168. The monoisotopic (exact) mass is 395 g/mol. The minimum Gasteiger partial charge on any atom is -0.338 e. The van der Waals surface area contributed by atoms with Crippen LogP contribution in [-0.4, -0.2) is 64.4 Å². The number of hydrogen-bond donors (Lipinski definition) is 1. The number of piperidine rings is 1. The Kier molecular flexibility index (Phi) is 6.83. The first-order valence-electron chi connectivity index (χ1n) is 11.1. The molecule has 156 valence electrons. The molecule has 0 bridgehead atoms. The van der Waals surface area contributed by atoms with Gasteiger partial charge in [-0.25, -0.2) is 4.79 Å². The zero-order valence-electron chi connectivity index (χ0n) is 17.2. The third-order valence-corrected chi connectivity index (χ3v) is 6.40. The molecule has 1 N–H and O–H groups in total. The van der Waals surface area contributed by atoms with Crippen LogP contribution in [0.1, 0.15) is 31.2 Å². The Morgan fingerprint density at radius 3 is 2.66 bits per heavy atom. The zero-order valence-corrected chi connectivity index (χ0v) is 17.2. The largest absolute Gasteiger partial charge is 0.338 e. The van der Waals surface area contributed by atoms with Gasteiger partial charge < -0.3 is 15.1 Å². The molecule has 0 unspecified atom stereocenters. The van der Waals surface area contributed by atoms with E-state index in [1.165, 1.54) is 18.4 Å². The highest BCUT2D eigenvalue weighted by Gasteiger charge is 2.29. The van der Waals surface area contributed by atoms with E-state index in [1.54, 1.807) is 6.20 Å². The fourth-order valence-electron chi connectivity index (χ4n) is 4.60. The van der Waals surface area contributed by atoms with E-state index in [9.17, 15) is 4.79 Å². The van der Waals surface area contributed by atoms with Crippen molar-refractivity contribution < 1.29 is 4.79 Å². The van der Waals surface area contributed by atoms with Crippen molar-refractivity contribution in [2.45, 2.75) is 44.7 Å². The molecule has 1 atom stereocenters. The van der Waals surface area contributed by atoms with Crippen molar-refractivity contribution in [2.24, 2.45) is 5.92 Å². The van der Waals surface area contributed by atoms with Crippen molar-refractivity contribution in [3.63, 3.8) is 0 Å². The topological polar surface area (TPSA) is 53.4 Å². The van der Waals surface area contributed by atoms with Crippen LogP contribution >= 0.6 is 0 Å². The highest BCUT2D eigenvalue weighted by Crippen LogP contribution is 2.20. The minimum atomic E-state index is 0.103. The second-order valence-corrected chi connectivity index (χ2v) is 8.42. The fourth-order valence-corrected chi connectivity index (χ4v) is 4.60. The lowest BCUT2D eigenvalue weighted by Crippen LogP contribution is -2.46. The summed E-state index contributed by atoms with van der Waals surface area (Å²) in [5.41, 5.74) is 1.41. The molecule has 6 nitrogen and oxygen atoms in total. The Hall–Kier alpha value is -2.34. The first kappa shape index (κ1) is 20.0. The quantitative estimate of drug-likeness (QED) is 0.784. The molecule has 0 saturated carbocycles. The van der Waals surface area contributed by atoms with Gasteiger partial charge in [-0.15, -0.1) is 0 Å². The van der Waals surface area contributed by atoms with Gasteiger partial charge in [0.15, 0.2) is 0 Å². The van der Waals surface area contributed by atoms with Gasteiger partial charge in [0.1, 0.15) is 0 Å². The smallest absolute Gasteiger partial charge is 0.317 e. The maximum Gasteiger partial charge on any atom is 0.317 e. The number of aromatic nitrogens is 2.